The van der Waals surface area contributed by atoms with Crippen molar-refractivity contribution in [3.8, 4) is 0 Å². The zero-order chi connectivity index (χ0) is 17.8. The minimum atomic E-state index is 0.837. The van der Waals surface area contributed by atoms with E-state index >= 15 is 0 Å². The average molecular weight is 352 g/mol. The molecule has 0 spiro atoms. The van der Waals surface area contributed by atoms with Crippen LogP contribution in [0.3, 0.4) is 0 Å². The third-order valence-electron chi connectivity index (χ3n) is 5.29. The first kappa shape index (κ1) is 17.1. The first-order chi connectivity index (χ1) is 12.8. The number of aromatic nitrogens is 2. The number of anilines is 4. The van der Waals surface area contributed by atoms with Crippen molar-refractivity contribution in [1.29, 1.82) is 0 Å². The summed E-state index contributed by atoms with van der Waals surface area (Å²) in [5.41, 5.74) is 2.35. The smallest absolute Gasteiger partial charge is 0.227 e. The van der Waals surface area contributed by atoms with Crippen LogP contribution in [0.25, 0.3) is 0 Å². The summed E-state index contributed by atoms with van der Waals surface area (Å²) in [4.78, 5) is 16.3. The third kappa shape index (κ3) is 4.07. The van der Waals surface area contributed by atoms with Crippen molar-refractivity contribution in [2.24, 2.45) is 0 Å². The number of benzene rings is 1. The molecule has 0 radical (unpaired) electrons. The van der Waals surface area contributed by atoms with Crippen LogP contribution >= 0.6 is 0 Å². The van der Waals surface area contributed by atoms with Gasteiger partial charge in [-0.05, 0) is 56.6 Å². The number of piperidine rings is 1. The van der Waals surface area contributed by atoms with E-state index in [1.54, 1.807) is 0 Å². The molecule has 0 amide bonds. The quantitative estimate of drug-likeness (QED) is 0.913. The van der Waals surface area contributed by atoms with E-state index in [9.17, 15) is 0 Å². The Morgan fingerprint density at radius 1 is 0.808 bits per heavy atom. The van der Waals surface area contributed by atoms with Gasteiger partial charge in [-0.1, -0.05) is 0 Å². The Morgan fingerprint density at radius 2 is 1.54 bits per heavy atom. The van der Waals surface area contributed by atoms with Gasteiger partial charge in [-0.3, -0.25) is 0 Å². The van der Waals surface area contributed by atoms with Crippen LogP contribution in [0.4, 0.5) is 23.1 Å². The Kier molecular flexibility index (Phi) is 5.20. The summed E-state index contributed by atoms with van der Waals surface area (Å²) in [5, 5.41) is 3.42. The largest absolute Gasteiger partial charge is 0.369 e. The Morgan fingerprint density at radius 3 is 2.27 bits per heavy atom. The third-order valence-corrected chi connectivity index (χ3v) is 5.29. The molecule has 0 unspecified atom stereocenters. The van der Waals surface area contributed by atoms with Gasteiger partial charge in [0.05, 0.1) is 0 Å². The fourth-order valence-corrected chi connectivity index (χ4v) is 3.63. The molecule has 1 aromatic heterocycles. The molecule has 0 saturated carbocycles. The molecule has 1 N–H and O–H groups in total. The summed E-state index contributed by atoms with van der Waals surface area (Å²) >= 11 is 0. The van der Waals surface area contributed by atoms with Gasteiger partial charge >= 0.3 is 0 Å². The molecule has 6 heteroatoms. The van der Waals surface area contributed by atoms with Crippen molar-refractivity contribution < 1.29 is 0 Å². The molecule has 138 valence electrons. The summed E-state index contributed by atoms with van der Waals surface area (Å²) in [6.07, 6.45) is 5.62. The van der Waals surface area contributed by atoms with Crippen molar-refractivity contribution in [3.63, 3.8) is 0 Å². The van der Waals surface area contributed by atoms with E-state index < -0.39 is 0 Å². The molecule has 2 aliphatic rings. The lowest BCUT2D eigenvalue weighted by Crippen LogP contribution is -2.44. The van der Waals surface area contributed by atoms with E-state index in [2.05, 4.69) is 56.3 Å². The number of nitrogens with one attached hydrogen (secondary N) is 1. The molecule has 2 fully saturated rings. The van der Waals surface area contributed by atoms with Crippen LogP contribution in [0, 0.1) is 0 Å². The summed E-state index contributed by atoms with van der Waals surface area (Å²) in [6, 6.07) is 10.6. The van der Waals surface area contributed by atoms with Gasteiger partial charge in [0, 0.05) is 56.8 Å². The minimum absolute atomic E-state index is 0.837. The predicted octanol–water partition coefficient (Wildman–Crippen LogP) is 2.96. The van der Waals surface area contributed by atoms with E-state index in [0.29, 0.717) is 0 Å². The van der Waals surface area contributed by atoms with Gasteiger partial charge in [0.2, 0.25) is 5.95 Å². The van der Waals surface area contributed by atoms with Crippen LogP contribution in [0.5, 0.6) is 0 Å². The van der Waals surface area contributed by atoms with E-state index in [1.807, 2.05) is 12.3 Å². The van der Waals surface area contributed by atoms with Gasteiger partial charge in [0.25, 0.3) is 0 Å². The van der Waals surface area contributed by atoms with Gasteiger partial charge in [-0.25, -0.2) is 4.98 Å². The fourth-order valence-electron chi connectivity index (χ4n) is 3.63. The molecular formula is C20H28N6. The Labute approximate surface area is 155 Å². The number of piperazine rings is 1. The number of hydrogen-bond acceptors (Lipinski definition) is 6. The fraction of sp³-hybridized carbons (Fsp3) is 0.500. The molecule has 3 heterocycles. The first-order valence-electron chi connectivity index (χ1n) is 9.66. The molecule has 2 aromatic rings. The lowest BCUT2D eigenvalue weighted by Gasteiger charge is -2.34. The molecule has 1 aromatic carbocycles. The molecule has 6 nitrogen and oxygen atoms in total. The molecule has 2 aliphatic heterocycles. The SMILES string of the molecule is CN1CCN(c2ccc(Nc3ccnc(N4CCCCC4)n3)cc2)CC1. The van der Waals surface area contributed by atoms with Crippen LogP contribution in [-0.2, 0) is 0 Å². The van der Waals surface area contributed by atoms with E-state index in [0.717, 1.165) is 56.7 Å². The highest BCUT2D eigenvalue weighted by Crippen LogP contribution is 2.23. The second kappa shape index (κ2) is 7.91. The van der Waals surface area contributed by atoms with E-state index in [1.165, 1.54) is 24.9 Å². The molecule has 0 aliphatic carbocycles. The van der Waals surface area contributed by atoms with Crippen LogP contribution in [-0.4, -0.2) is 61.2 Å². The summed E-state index contributed by atoms with van der Waals surface area (Å²) in [5.74, 6) is 1.69. The average Bonchev–Trinajstić information content (AvgIpc) is 2.70. The highest BCUT2D eigenvalue weighted by Gasteiger charge is 2.15. The summed E-state index contributed by atoms with van der Waals surface area (Å²) in [6.45, 7) is 6.55. The van der Waals surface area contributed by atoms with Crippen molar-refractivity contribution in [1.82, 2.24) is 14.9 Å². The second-order valence-electron chi connectivity index (χ2n) is 7.25. The Balaban J connectivity index is 1.41. The maximum Gasteiger partial charge on any atom is 0.227 e. The van der Waals surface area contributed by atoms with Crippen LogP contribution < -0.4 is 15.1 Å². The second-order valence-corrected chi connectivity index (χ2v) is 7.25. The van der Waals surface area contributed by atoms with E-state index in [-0.39, 0.29) is 0 Å². The van der Waals surface area contributed by atoms with Crippen molar-refractivity contribution in [3.05, 3.63) is 36.5 Å². The number of nitrogens with zero attached hydrogens (tertiary/aromatic N) is 5. The zero-order valence-electron chi connectivity index (χ0n) is 15.6. The van der Waals surface area contributed by atoms with Gasteiger partial charge in [0.15, 0.2) is 0 Å². The molecule has 26 heavy (non-hydrogen) atoms. The molecular weight excluding hydrogens is 324 g/mol. The maximum atomic E-state index is 4.70. The standard InChI is InChI=1S/C20H28N6/c1-24-13-15-25(16-14-24)18-7-5-17(6-8-18)22-19-9-10-21-20(23-19)26-11-3-2-4-12-26/h5-10H,2-4,11-16H2,1H3,(H,21,22,23). The topological polar surface area (TPSA) is 47.5 Å². The summed E-state index contributed by atoms with van der Waals surface area (Å²) in [7, 11) is 2.18. The van der Waals surface area contributed by atoms with Crippen LogP contribution in [0.2, 0.25) is 0 Å². The lowest BCUT2D eigenvalue weighted by molar-refractivity contribution is 0.313. The van der Waals surface area contributed by atoms with Crippen LogP contribution in [0.15, 0.2) is 36.5 Å². The molecule has 4 rings (SSSR count). The first-order valence-corrected chi connectivity index (χ1v) is 9.66. The molecule has 0 bridgehead atoms. The number of likely N-dealkylation sites (N-methyl/N-ethyl adjacent to an activating group) is 1. The van der Waals surface area contributed by atoms with Crippen LogP contribution in [0.1, 0.15) is 19.3 Å². The number of rotatable bonds is 4. The van der Waals surface area contributed by atoms with Crippen molar-refractivity contribution in [2.75, 3.05) is 61.4 Å². The highest BCUT2D eigenvalue weighted by atomic mass is 15.3. The number of hydrogen-bond donors (Lipinski definition) is 1. The highest BCUT2D eigenvalue weighted by molar-refractivity contribution is 5.61. The van der Waals surface area contributed by atoms with Crippen molar-refractivity contribution >= 4 is 23.1 Å². The van der Waals surface area contributed by atoms with Gasteiger partial charge in [-0.15, -0.1) is 0 Å². The molecule has 0 atom stereocenters. The van der Waals surface area contributed by atoms with Crippen molar-refractivity contribution in [2.45, 2.75) is 19.3 Å². The monoisotopic (exact) mass is 352 g/mol. The predicted molar refractivity (Wildman–Crippen MR) is 108 cm³/mol. The summed E-state index contributed by atoms with van der Waals surface area (Å²) < 4.78 is 0. The lowest BCUT2D eigenvalue weighted by atomic mass is 10.1. The molecule has 2 saturated heterocycles. The van der Waals surface area contributed by atoms with Gasteiger partial charge in [0.1, 0.15) is 5.82 Å². The normalized spacial score (nSPS) is 18.8. The minimum Gasteiger partial charge on any atom is -0.369 e. The van der Waals surface area contributed by atoms with Gasteiger partial charge < -0.3 is 20.0 Å². The Bertz CT molecular complexity index is 702. The van der Waals surface area contributed by atoms with Gasteiger partial charge in [-0.2, -0.15) is 4.98 Å². The zero-order valence-corrected chi connectivity index (χ0v) is 15.6. The Hall–Kier alpha value is -2.34. The maximum absolute atomic E-state index is 4.70. The van der Waals surface area contributed by atoms with E-state index in [4.69, 9.17) is 4.98 Å².